The monoisotopic (exact) mass is 269 g/mol. The Labute approximate surface area is 112 Å². The summed E-state index contributed by atoms with van der Waals surface area (Å²) in [5.41, 5.74) is 0.809. The highest BCUT2D eigenvalue weighted by Gasteiger charge is 2.04. The van der Waals surface area contributed by atoms with Gasteiger partial charge in [-0.2, -0.15) is 0 Å². The molecule has 0 fully saturated rings. The van der Waals surface area contributed by atoms with E-state index in [1.54, 1.807) is 13.2 Å². The highest BCUT2D eigenvalue weighted by molar-refractivity contribution is 5.85. The van der Waals surface area contributed by atoms with Crippen molar-refractivity contribution < 1.29 is 24.1 Å². The second-order valence-electron chi connectivity index (χ2n) is 3.87. The Morgan fingerprint density at radius 3 is 2.79 bits per heavy atom. The van der Waals surface area contributed by atoms with Crippen LogP contribution in [-0.4, -0.2) is 49.6 Å². The molecule has 0 aromatic carbocycles. The second kappa shape index (κ2) is 9.43. The van der Waals surface area contributed by atoms with Crippen LogP contribution in [0, 0.1) is 0 Å². The first-order valence-electron chi connectivity index (χ1n) is 6.06. The van der Waals surface area contributed by atoms with Gasteiger partial charge in [-0.05, 0) is 24.1 Å². The van der Waals surface area contributed by atoms with Crippen LogP contribution in [0.3, 0.4) is 0 Å². The maximum atomic E-state index is 10.7. The number of methoxy groups -OCH3 is 1. The molecule has 0 saturated heterocycles. The third-order valence-electron chi connectivity index (χ3n) is 2.32. The van der Waals surface area contributed by atoms with E-state index in [1.807, 2.05) is 0 Å². The summed E-state index contributed by atoms with van der Waals surface area (Å²) in [7, 11) is 1.66. The zero-order valence-electron chi connectivity index (χ0n) is 11.0. The Bertz CT molecular complexity index is 383. The van der Waals surface area contributed by atoms with Gasteiger partial charge >= 0.3 is 5.97 Å². The molecule has 1 heterocycles. The molecule has 1 aromatic heterocycles. The van der Waals surface area contributed by atoms with Gasteiger partial charge < -0.3 is 19.3 Å². The van der Waals surface area contributed by atoms with E-state index in [0.29, 0.717) is 33.0 Å². The Morgan fingerprint density at radius 1 is 1.26 bits per heavy atom. The lowest BCUT2D eigenvalue weighted by Crippen LogP contribution is -2.07. The van der Waals surface area contributed by atoms with Crippen molar-refractivity contribution in [3.63, 3.8) is 0 Å². The predicted molar refractivity (Wildman–Crippen MR) is 68.2 cm³/mol. The zero-order chi connectivity index (χ0) is 13.9. The Hall–Kier alpha value is -1.50. The van der Waals surface area contributed by atoms with Gasteiger partial charge in [-0.1, -0.05) is 0 Å². The van der Waals surface area contributed by atoms with Crippen LogP contribution in [0.25, 0.3) is 0 Å². The fraction of sp³-hybridized carbons (Fsp3) is 0.538. The standard InChI is InChI=1S/C13H19NO5/c1-17-5-2-6-18-7-8-19-10-11-3-4-14-12(9-11)13(15)16/h3-4,9H,2,5-8,10H2,1H3,(H,15,16). The molecule has 0 radical (unpaired) electrons. The molecule has 0 unspecified atom stereocenters. The number of nitrogens with zero attached hydrogens (tertiary/aromatic N) is 1. The molecule has 1 aromatic rings. The summed E-state index contributed by atoms with van der Waals surface area (Å²) in [5, 5.41) is 8.79. The van der Waals surface area contributed by atoms with E-state index in [0.717, 1.165) is 12.0 Å². The molecule has 0 aliphatic heterocycles. The van der Waals surface area contributed by atoms with Crippen LogP contribution in [0.4, 0.5) is 0 Å². The summed E-state index contributed by atoms with van der Waals surface area (Å²) >= 11 is 0. The van der Waals surface area contributed by atoms with Crippen molar-refractivity contribution in [1.29, 1.82) is 0 Å². The average Bonchev–Trinajstić information content (AvgIpc) is 2.42. The molecular formula is C13H19NO5. The van der Waals surface area contributed by atoms with Gasteiger partial charge in [-0.15, -0.1) is 0 Å². The lowest BCUT2D eigenvalue weighted by atomic mass is 10.2. The maximum absolute atomic E-state index is 10.7. The normalized spacial score (nSPS) is 10.6. The molecule has 1 rings (SSSR count). The number of carboxylic acids is 1. The SMILES string of the molecule is COCCCOCCOCc1ccnc(C(=O)O)c1. The minimum Gasteiger partial charge on any atom is -0.477 e. The van der Waals surface area contributed by atoms with Crippen molar-refractivity contribution in [2.24, 2.45) is 0 Å². The van der Waals surface area contributed by atoms with Crippen molar-refractivity contribution in [1.82, 2.24) is 4.98 Å². The Balaban J connectivity index is 2.12. The maximum Gasteiger partial charge on any atom is 0.354 e. The van der Waals surface area contributed by atoms with Gasteiger partial charge in [0.25, 0.3) is 0 Å². The van der Waals surface area contributed by atoms with Gasteiger partial charge in [0.15, 0.2) is 0 Å². The molecule has 1 N–H and O–H groups in total. The third kappa shape index (κ3) is 6.85. The first-order valence-corrected chi connectivity index (χ1v) is 6.06. The minimum absolute atomic E-state index is 0.0249. The van der Waals surface area contributed by atoms with E-state index in [2.05, 4.69) is 4.98 Å². The number of aromatic nitrogens is 1. The second-order valence-corrected chi connectivity index (χ2v) is 3.87. The molecule has 0 saturated carbocycles. The third-order valence-corrected chi connectivity index (χ3v) is 2.32. The summed E-state index contributed by atoms with van der Waals surface area (Å²) < 4.78 is 15.6. The Morgan fingerprint density at radius 2 is 2.05 bits per heavy atom. The number of rotatable bonds is 10. The van der Waals surface area contributed by atoms with Gasteiger partial charge in [0.2, 0.25) is 0 Å². The highest BCUT2D eigenvalue weighted by atomic mass is 16.5. The van der Waals surface area contributed by atoms with Crippen molar-refractivity contribution in [3.8, 4) is 0 Å². The molecule has 0 amide bonds. The quantitative estimate of drug-likeness (QED) is 0.646. The van der Waals surface area contributed by atoms with Crippen LogP contribution < -0.4 is 0 Å². The smallest absolute Gasteiger partial charge is 0.354 e. The van der Waals surface area contributed by atoms with Crippen LogP contribution in [0.15, 0.2) is 18.3 Å². The summed E-state index contributed by atoms with van der Waals surface area (Å²) in [6.45, 7) is 2.67. The summed E-state index contributed by atoms with van der Waals surface area (Å²) in [5.74, 6) is -1.04. The largest absolute Gasteiger partial charge is 0.477 e. The zero-order valence-corrected chi connectivity index (χ0v) is 11.0. The van der Waals surface area contributed by atoms with Crippen molar-refractivity contribution in [3.05, 3.63) is 29.6 Å². The fourth-order valence-electron chi connectivity index (χ4n) is 1.40. The van der Waals surface area contributed by atoms with E-state index >= 15 is 0 Å². The molecule has 6 heteroatoms. The topological polar surface area (TPSA) is 77.9 Å². The van der Waals surface area contributed by atoms with E-state index in [9.17, 15) is 4.79 Å². The molecular weight excluding hydrogens is 250 g/mol. The number of carbonyl (C=O) groups is 1. The number of pyridine rings is 1. The summed E-state index contributed by atoms with van der Waals surface area (Å²) in [4.78, 5) is 14.5. The van der Waals surface area contributed by atoms with Crippen LogP contribution in [-0.2, 0) is 20.8 Å². The van der Waals surface area contributed by atoms with Crippen molar-refractivity contribution in [2.45, 2.75) is 13.0 Å². The Kier molecular flexibility index (Phi) is 7.72. The molecule has 6 nitrogen and oxygen atoms in total. The van der Waals surface area contributed by atoms with E-state index < -0.39 is 5.97 Å². The highest BCUT2D eigenvalue weighted by Crippen LogP contribution is 2.03. The average molecular weight is 269 g/mol. The van der Waals surface area contributed by atoms with Gasteiger partial charge in [0.1, 0.15) is 5.69 Å². The number of carboxylic acid groups (broad SMARTS) is 1. The lowest BCUT2D eigenvalue weighted by Gasteiger charge is -2.06. The van der Waals surface area contributed by atoms with Crippen LogP contribution in [0.5, 0.6) is 0 Å². The fourth-order valence-corrected chi connectivity index (χ4v) is 1.40. The van der Waals surface area contributed by atoms with E-state index in [-0.39, 0.29) is 5.69 Å². The van der Waals surface area contributed by atoms with Gasteiger partial charge in [0.05, 0.1) is 19.8 Å². The molecule has 0 aliphatic rings. The molecule has 0 atom stereocenters. The number of ether oxygens (including phenoxy) is 3. The van der Waals surface area contributed by atoms with E-state index in [4.69, 9.17) is 19.3 Å². The first-order chi connectivity index (χ1) is 9.24. The summed E-state index contributed by atoms with van der Waals surface area (Å²) in [6.07, 6.45) is 2.33. The van der Waals surface area contributed by atoms with Crippen LogP contribution in [0.1, 0.15) is 22.5 Å². The van der Waals surface area contributed by atoms with Crippen LogP contribution >= 0.6 is 0 Å². The van der Waals surface area contributed by atoms with Crippen LogP contribution in [0.2, 0.25) is 0 Å². The van der Waals surface area contributed by atoms with Crippen molar-refractivity contribution in [2.75, 3.05) is 33.5 Å². The molecule has 19 heavy (non-hydrogen) atoms. The number of aromatic carboxylic acids is 1. The predicted octanol–water partition coefficient (Wildman–Crippen LogP) is 1.35. The van der Waals surface area contributed by atoms with Gasteiger partial charge in [0, 0.05) is 26.5 Å². The molecule has 0 aliphatic carbocycles. The van der Waals surface area contributed by atoms with Crippen molar-refractivity contribution >= 4 is 5.97 Å². The lowest BCUT2D eigenvalue weighted by molar-refractivity contribution is 0.0336. The molecule has 0 bridgehead atoms. The first kappa shape index (κ1) is 15.6. The number of hydrogen-bond acceptors (Lipinski definition) is 5. The van der Waals surface area contributed by atoms with Gasteiger partial charge in [-0.3, -0.25) is 0 Å². The van der Waals surface area contributed by atoms with Gasteiger partial charge in [-0.25, -0.2) is 9.78 Å². The van der Waals surface area contributed by atoms with E-state index in [1.165, 1.54) is 12.3 Å². The molecule has 0 spiro atoms. The minimum atomic E-state index is -1.04. The summed E-state index contributed by atoms with van der Waals surface area (Å²) in [6, 6.07) is 3.23. The number of hydrogen-bond donors (Lipinski definition) is 1. The molecule has 106 valence electrons.